The number of phenols is 1. The van der Waals surface area contributed by atoms with Gasteiger partial charge >= 0.3 is 0 Å². The first-order chi connectivity index (χ1) is 15.5. The molecule has 1 heterocycles. The van der Waals surface area contributed by atoms with Gasteiger partial charge in [0.2, 0.25) is 0 Å². The highest BCUT2D eigenvalue weighted by Gasteiger charge is 2.43. The number of phenolic OH excluding ortho intramolecular Hbond substituents is 1. The summed E-state index contributed by atoms with van der Waals surface area (Å²) < 4.78 is 13.2. The number of benzene rings is 3. The van der Waals surface area contributed by atoms with E-state index in [0.29, 0.717) is 10.7 Å². The molecule has 0 radical (unpaired) electrons. The van der Waals surface area contributed by atoms with E-state index in [9.17, 15) is 14.6 Å². The van der Waals surface area contributed by atoms with Crippen LogP contribution < -0.4 is 4.90 Å². The van der Waals surface area contributed by atoms with Gasteiger partial charge in [-0.1, -0.05) is 42.5 Å². The molecule has 1 aliphatic heterocycles. The molecule has 0 unspecified atom stereocenters. The third-order valence-electron chi connectivity index (χ3n) is 6.16. The quantitative estimate of drug-likeness (QED) is 0.485. The lowest BCUT2D eigenvalue weighted by Crippen LogP contribution is -2.30. The molecule has 0 saturated carbocycles. The van der Waals surface area contributed by atoms with E-state index in [-0.39, 0.29) is 30.3 Å². The Morgan fingerprint density at radius 2 is 1.66 bits per heavy atom. The Morgan fingerprint density at radius 1 is 0.969 bits per heavy atom. The summed E-state index contributed by atoms with van der Waals surface area (Å²) >= 11 is 5.84. The summed E-state index contributed by atoms with van der Waals surface area (Å²) in [5.41, 5.74) is 3.52. The van der Waals surface area contributed by atoms with Gasteiger partial charge in [-0.05, 0) is 72.9 Å². The van der Waals surface area contributed by atoms with Crippen LogP contribution in [0, 0.1) is 5.82 Å². The van der Waals surface area contributed by atoms with E-state index < -0.39 is 0 Å². The lowest BCUT2D eigenvalue weighted by molar-refractivity contribution is 0.281. The van der Waals surface area contributed by atoms with Crippen molar-refractivity contribution < 1.29 is 14.6 Å². The molecule has 3 aromatic rings. The minimum atomic E-state index is -0.227. The van der Waals surface area contributed by atoms with Crippen molar-refractivity contribution in [1.29, 1.82) is 0 Å². The maximum absolute atomic E-state index is 13.2. The molecule has 0 amide bonds. The number of para-hydroxylation sites is 1. The number of aryl methyl sites for hydroxylation is 1. The second-order valence-electron chi connectivity index (χ2n) is 8.18. The summed E-state index contributed by atoms with van der Waals surface area (Å²) in [6.07, 6.45) is 2.59. The number of aliphatic hydroxyl groups excluding tert-OH is 1. The smallest absolute Gasteiger partial charge is 0.176 e. The largest absolute Gasteiger partial charge is 0.508 e. The first-order valence-electron chi connectivity index (χ1n) is 10.8. The third-order valence-corrected chi connectivity index (χ3v) is 6.64. The van der Waals surface area contributed by atoms with Crippen LogP contribution in [0.5, 0.6) is 5.75 Å². The van der Waals surface area contributed by atoms with Crippen molar-refractivity contribution in [2.45, 2.75) is 38.0 Å². The van der Waals surface area contributed by atoms with Crippen LogP contribution in [-0.2, 0) is 13.0 Å². The Hall–Kier alpha value is -2.96. The van der Waals surface area contributed by atoms with Crippen molar-refractivity contribution in [2.24, 2.45) is 0 Å². The summed E-state index contributed by atoms with van der Waals surface area (Å²) in [4.78, 5) is 4.21. The average Bonchev–Trinajstić information content (AvgIpc) is 3.05. The van der Waals surface area contributed by atoms with Gasteiger partial charge in [0.25, 0.3) is 0 Å². The van der Waals surface area contributed by atoms with Gasteiger partial charge in [-0.25, -0.2) is 4.39 Å². The Morgan fingerprint density at radius 3 is 2.31 bits per heavy atom. The number of nitrogens with zero attached hydrogens (tertiary/aromatic N) is 2. The molecule has 2 atom stereocenters. The summed E-state index contributed by atoms with van der Waals surface area (Å²) in [5, 5.41) is 21.0. The van der Waals surface area contributed by atoms with Crippen molar-refractivity contribution in [1.82, 2.24) is 4.90 Å². The highest BCUT2D eigenvalue weighted by molar-refractivity contribution is 7.80. The van der Waals surface area contributed by atoms with Crippen molar-refractivity contribution in [3.63, 3.8) is 0 Å². The van der Waals surface area contributed by atoms with Gasteiger partial charge in [-0.3, -0.25) is 0 Å². The lowest BCUT2D eigenvalue weighted by atomic mass is 9.92. The van der Waals surface area contributed by atoms with Crippen LogP contribution in [0.4, 0.5) is 10.1 Å². The van der Waals surface area contributed by atoms with Crippen molar-refractivity contribution in [3.05, 3.63) is 95.3 Å². The molecule has 4 rings (SSSR count). The van der Waals surface area contributed by atoms with Crippen LogP contribution in [0.25, 0.3) is 0 Å². The normalized spacial score (nSPS) is 18.4. The second kappa shape index (κ2) is 9.67. The highest BCUT2D eigenvalue weighted by atomic mass is 32.1. The Balaban J connectivity index is 1.65. The van der Waals surface area contributed by atoms with Crippen molar-refractivity contribution >= 4 is 23.0 Å². The number of aliphatic hydroxyl groups is 1. The standard InChI is InChI=1S/C26H27FN2O2S/c1-28-23(9-5-6-18-10-13-20(27)14-11-18)25(22-15-12-19(17-30)16-24(22)31)29(26(28)32)21-7-3-2-4-8-21/h2-4,7-8,10-16,23,25,30-31H,5-6,9,17H2,1H3/t23-,25+/m0/s1. The van der Waals surface area contributed by atoms with E-state index in [1.54, 1.807) is 6.07 Å². The fourth-order valence-corrected chi connectivity index (χ4v) is 4.83. The van der Waals surface area contributed by atoms with Crippen LogP contribution in [0.2, 0.25) is 0 Å². The SMILES string of the molecule is CN1C(=S)N(c2ccccc2)[C@H](c2ccc(CO)cc2O)[C@@H]1CCCc1ccc(F)cc1. The van der Waals surface area contributed by atoms with E-state index in [0.717, 1.165) is 36.1 Å². The van der Waals surface area contributed by atoms with E-state index in [4.69, 9.17) is 12.2 Å². The summed E-state index contributed by atoms with van der Waals surface area (Å²) in [5.74, 6) is -0.0703. The third kappa shape index (κ3) is 4.47. The van der Waals surface area contributed by atoms with E-state index in [1.807, 2.05) is 61.6 Å². The zero-order valence-electron chi connectivity index (χ0n) is 18.0. The van der Waals surface area contributed by atoms with Crippen LogP contribution >= 0.6 is 12.2 Å². The Labute approximate surface area is 193 Å². The fraction of sp³-hybridized carbons (Fsp3) is 0.269. The molecule has 166 valence electrons. The van der Waals surface area contributed by atoms with Crippen LogP contribution in [0.3, 0.4) is 0 Å². The second-order valence-corrected chi connectivity index (χ2v) is 8.55. The topological polar surface area (TPSA) is 46.9 Å². The minimum absolute atomic E-state index is 0.0500. The molecule has 0 aliphatic carbocycles. The summed E-state index contributed by atoms with van der Waals surface area (Å²) in [7, 11) is 2.00. The maximum Gasteiger partial charge on any atom is 0.176 e. The first-order valence-corrected chi connectivity index (χ1v) is 11.2. The minimum Gasteiger partial charge on any atom is -0.508 e. The number of rotatable bonds is 7. The number of halogens is 1. The van der Waals surface area contributed by atoms with Crippen LogP contribution in [0.1, 0.15) is 35.6 Å². The molecule has 6 heteroatoms. The van der Waals surface area contributed by atoms with E-state index >= 15 is 0 Å². The van der Waals surface area contributed by atoms with Gasteiger partial charge < -0.3 is 20.0 Å². The maximum atomic E-state index is 13.2. The number of hydrogen-bond donors (Lipinski definition) is 2. The molecular weight excluding hydrogens is 423 g/mol. The summed E-state index contributed by atoms with van der Waals surface area (Å²) in [6.45, 7) is -0.125. The number of thiocarbonyl (C=S) groups is 1. The number of aromatic hydroxyl groups is 1. The zero-order valence-corrected chi connectivity index (χ0v) is 18.8. The molecule has 1 fully saturated rings. The molecule has 1 saturated heterocycles. The Kier molecular flexibility index (Phi) is 6.72. The number of anilines is 1. The molecule has 4 nitrogen and oxygen atoms in total. The molecule has 0 spiro atoms. The molecule has 1 aliphatic rings. The number of likely N-dealkylation sites (N-methyl/N-ethyl adjacent to an activating group) is 1. The van der Waals surface area contributed by atoms with E-state index in [1.165, 1.54) is 12.1 Å². The van der Waals surface area contributed by atoms with Crippen LogP contribution in [-0.4, -0.2) is 33.3 Å². The predicted molar refractivity (Wildman–Crippen MR) is 129 cm³/mol. The van der Waals surface area contributed by atoms with Crippen molar-refractivity contribution in [2.75, 3.05) is 11.9 Å². The molecule has 32 heavy (non-hydrogen) atoms. The molecule has 2 N–H and O–H groups in total. The zero-order chi connectivity index (χ0) is 22.7. The molecule has 0 aromatic heterocycles. The molecule has 3 aromatic carbocycles. The number of hydrogen-bond acceptors (Lipinski definition) is 3. The fourth-order valence-electron chi connectivity index (χ4n) is 4.48. The summed E-state index contributed by atoms with van der Waals surface area (Å²) in [6, 6.07) is 21.8. The van der Waals surface area contributed by atoms with Crippen molar-refractivity contribution in [3.8, 4) is 5.75 Å². The first kappa shape index (κ1) is 22.2. The van der Waals surface area contributed by atoms with Gasteiger partial charge in [-0.15, -0.1) is 0 Å². The van der Waals surface area contributed by atoms with Gasteiger partial charge in [0.15, 0.2) is 5.11 Å². The van der Waals surface area contributed by atoms with Gasteiger partial charge in [0.1, 0.15) is 11.6 Å². The average molecular weight is 451 g/mol. The van der Waals surface area contributed by atoms with Gasteiger partial charge in [-0.2, -0.15) is 0 Å². The van der Waals surface area contributed by atoms with Crippen LogP contribution in [0.15, 0.2) is 72.8 Å². The monoisotopic (exact) mass is 450 g/mol. The lowest BCUT2D eigenvalue weighted by Gasteiger charge is -2.29. The highest BCUT2D eigenvalue weighted by Crippen LogP contribution is 2.43. The predicted octanol–water partition coefficient (Wildman–Crippen LogP) is 5.19. The van der Waals surface area contributed by atoms with Gasteiger partial charge in [0.05, 0.1) is 18.7 Å². The molecular formula is C26H27FN2O2S. The molecule has 0 bridgehead atoms. The van der Waals surface area contributed by atoms with E-state index in [2.05, 4.69) is 9.80 Å². The Bertz CT molecular complexity index is 1070. The van der Waals surface area contributed by atoms with Gasteiger partial charge in [0, 0.05) is 18.3 Å².